The number of hydrogen-bond donors (Lipinski definition) is 4. The summed E-state index contributed by atoms with van der Waals surface area (Å²) in [7, 11) is -4.00. The molecule has 6 N–H and O–H groups in total. The van der Waals surface area contributed by atoms with Gasteiger partial charge < -0.3 is 44.9 Å². The van der Waals surface area contributed by atoms with E-state index in [1.54, 1.807) is 38.5 Å². The Morgan fingerprint density at radius 2 is 0.790 bits per heavy atom. The predicted octanol–water partition coefficient (Wildman–Crippen LogP) is 1.91. The zero-order chi connectivity index (χ0) is 41.7. The number of nitrogens with zero attached hydrogens (tertiary/aromatic N) is 2. The molecule has 12 nitrogen and oxygen atoms in total. The second kappa shape index (κ2) is 20.0. The molecule has 0 radical (unpaired) electrons. The van der Waals surface area contributed by atoms with Gasteiger partial charge in [-0.2, -0.15) is 16.8 Å². The third kappa shape index (κ3) is 10.5. The van der Waals surface area contributed by atoms with Crippen LogP contribution in [0.2, 0.25) is 0 Å². The van der Waals surface area contributed by atoms with Crippen molar-refractivity contribution < 1.29 is 60.6 Å². The van der Waals surface area contributed by atoms with E-state index in [4.69, 9.17) is 19.4 Å². The molecule has 0 fully saturated rings. The van der Waals surface area contributed by atoms with Crippen molar-refractivity contribution >= 4 is 97.8 Å². The zero-order valence-electron chi connectivity index (χ0n) is 34.0. The number of ether oxygens (including phenoxy) is 2. The zero-order valence-corrected chi connectivity index (χ0v) is 37.2. The molecule has 0 saturated carbocycles. The minimum absolute atomic E-state index is 0. The fourth-order valence-electron chi connectivity index (χ4n) is 7.48. The molecular formula is C46H46Cl2N6O6S2. The molecule has 0 aliphatic rings. The summed E-state index contributed by atoms with van der Waals surface area (Å²) in [6, 6.07) is 42.2. The van der Waals surface area contributed by atoms with Gasteiger partial charge in [-0.15, -0.1) is 0 Å². The number of aromatic nitrogens is 2. The fraction of sp³-hybridized carbons (Fsp3) is 0.174. The maximum Gasteiger partial charge on any atom is 0.298 e. The average Bonchev–Trinajstić information content (AvgIpc) is 3.25. The van der Waals surface area contributed by atoms with Crippen molar-refractivity contribution in [2.45, 2.75) is 25.7 Å². The molecule has 2 aromatic heterocycles. The number of halogens is 2. The second-order valence-electron chi connectivity index (χ2n) is 14.6. The van der Waals surface area contributed by atoms with Crippen LogP contribution in [-0.2, 0) is 20.0 Å². The molecular weight excluding hydrogens is 868 g/mol. The van der Waals surface area contributed by atoms with E-state index in [0.717, 1.165) is 55.0 Å². The minimum atomic E-state index is -3.55. The van der Waals surface area contributed by atoms with Crippen LogP contribution in [0.1, 0.15) is 25.7 Å². The van der Waals surface area contributed by atoms with Gasteiger partial charge in [0.2, 0.25) is 0 Å². The number of nitrogens with two attached hydrogens (primary N) is 2. The quantitative estimate of drug-likeness (QED) is 0.0602. The van der Waals surface area contributed by atoms with Crippen molar-refractivity contribution in [3.8, 4) is 11.5 Å². The highest BCUT2D eigenvalue weighted by Crippen LogP contribution is 2.38. The van der Waals surface area contributed by atoms with Crippen molar-refractivity contribution in [1.29, 1.82) is 0 Å². The number of benzene rings is 6. The summed E-state index contributed by atoms with van der Waals surface area (Å²) >= 11 is 0. The highest BCUT2D eigenvalue weighted by atomic mass is 35.5. The number of unbranched alkanes of at least 4 members (excludes halogenated alkanes) is 3. The number of fused-ring (bicyclic) bond motifs is 4. The first-order chi connectivity index (χ1) is 29.1. The number of primary sulfonamides is 2. The van der Waals surface area contributed by atoms with Gasteiger partial charge in [-0.1, -0.05) is 85.6 Å². The first kappa shape index (κ1) is 45.8. The SMILES string of the molecule is COc1cc([NH2+]S(=O)(=O)CCCCCCS(=O)(=O)[NH2+]c2ccc(Nc3c4ccccc4nc4ccccc34)c(OC)c2)ccc1Nc1c2ccccc2nc2ccccc12.[Cl-].[Cl-]. The van der Waals surface area contributed by atoms with Crippen LogP contribution in [0.4, 0.5) is 34.1 Å². The molecule has 8 aromatic rings. The van der Waals surface area contributed by atoms with Crippen molar-refractivity contribution in [3.63, 3.8) is 0 Å². The lowest BCUT2D eigenvalue weighted by molar-refractivity contribution is -0.398. The molecule has 322 valence electrons. The van der Waals surface area contributed by atoms with Gasteiger partial charge in [-0.25, -0.2) is 19.4 Å². The van der Waals surface area contributed by atoms with Gasteiger partial charge in [0, 0.05) is 45.8 Å². The second-order valence-corrected chi connectivity index (χ2v) is 18.5. The van der Waals surface area contributed by atoms with E-state index in [0.29, 0.717) is 59.9 Å². The fourth-order valence-corrected chi connectivity index (χ4v) is 10.1. The van der Waals surface area contributed by atoms with Crippen LogP contribution in [0.25, 0.3) is 43.6 Å². The van der Waals surface area contributed by atoms with Gasteiger partial charge >= 0.3 is 0 Å². The Morgan fingerprint density at radius 3 is 1.11 bits per heavy atom. The third-order valence-corrected chi connectivity index (χ3v) is 13.4. The van der Waals surface area contributed by atoms with Crippen LogP contribution in [-0.4, -0.2) is 52.5 Å². The summed E-state index contributed by atoms with van der Waals surface area (Å²) < 4.78 is 66.4. The van der Waals surface area contributed by atoms with Gasteiger partial charge in [-0.3, -0.25) is 0 Å². The van der Waals surface area contributed by atoms with Crippen LogP contribution < -0.4 is 54.4 Å². The van der Waals surface area contributed by atoms with E-state index in [1.807, 2.05) is 109 Å². The molecule has 0 spiro atoms. The smallest absolute Gasteiger partial charge is 0.298 e. The highest BCUT2D eigenvalue weighted by molar-refractivity contribution is 7.85. The molecule has 0 bridgehead atoms. The number of para-hydroxylation sites is 4. The molecule has 8 rings (SSSR count). The van der Waals surface area contributed by atoms with Crippen LogP contribution in [0.3, 0.4) is 0 Å². The van der Waals surface area contributed by atoms with E-state index >= 15 is 0 Å². The standard InChI is InChI=1S/C46H44N6O6S2.2ClH/c1-57-43-29-31(23-25-41(43)49-45-33-15-5-9-19-37(33)47-38-20-10-6-16-34(38)45)51-59(53,54)27-13-3-4-14-28-60(55,56)52-32-24-26-42(44(30-32)58-2)50-46-35-17-7-11-21-39(35)48-40-22-12-8-18-36(40)46;;/h5-12,15-26,29-30,51-52H,3-4,13-14,27-28H2,1-2H3,(H,47,49)(H,48,50);2*1H. The molecule has 0 unspecified atom stereocenters. The number of anilines is 4. The highest BCUT2D eigenvalue weighted by Gasteiger charge is 2.21. The molecule has 0 aliphatic heterocycles. The first-order valence-electron chi connectivity index (χ1n) is 19.7. The lowest BCUT2D eigenvalue weighted by atomic mass is 10.1. The number of pyridine rings is 2. The van der Waals surface area contributed by atoms with Crippen molar-refractivity contribution in [2.24, 2.45) is 0 Å². The van der Waals surface area contributed by atoms with Crippen molar-refractivity contribution in [3.05, 3.63) is 133 Å². The molecule has 0 aliphatic carbocycles. The Kier molecular flexibility index (Phi) is 14.7. The number of hydrogen-bond acceptors (Lipinski definition) is 10. The van der Waals surface area contributed by atoms with Crippen LogP contribution in [0.15, 0.2) is 133 Å². The summed E-state index contributed by atoms with van der Waals surface area (Å²) in [4.78, 5) is 9.59. The van der Waals surface area contributed by atoms with Crippen LogP contribution in [0.5, 0.6) is 11.5 Å². The molecule has 62 heavy (non-hydrogen) atoms. The molecule has 16 heteroatoms. The van der Waals surface area contributed by atoms with Gasteiger partial charge in [-0.05, 0) is 49.2 Å². The Labute approximate surface area is 373 Å². The van der Waals surface area contributed by atoms with Gasteiger partial charge in [0.1, 0.15) is 34.4 Å². The van der Waals surface area contributed by atoms with E-state index in [1.165, 1.54) is 9.44 Å². The molecule has 2 heterocycles. The number of quaternary nitrogens is 2. The summed E-state index contributed by atoms with van der Waals surface area (Å²) in [6.45, 7) is 0. The first-order valence-corrected chi connectivity index (χ1v) is 23.1. The van der Waals surface area contributed by atoms with Crippen molar-refractivity contribution in [1.82, 2.24) is 9.97 Å². The molecule has 0 amide bonds. The maximum absolute atomic E-state index is 13.1. The third-order valence-electron chi connectivity index (χ3n) is 10.4. The minimum Gasteiger partial charge on any atom is -1.00 e. The van der Waals surface area contributed by atoms with Crippen LogP contribution in [0, 0.1) is 0 Å². The van der Waals surface area contributed by atoms with Crippen molar-refractivity contribution in [2.75, 3.05) is 36.4 Å². The topological polar surface area (TPSA) is 170 Å². The molecule has 0 saturated heterocycles. The average molecular weight is 914 g/mol. The summed E-state index contributed by atoms with van der Waals surface area (Å²) in [5.74, 6) is 0.906. The Morgan fingerprint density at radius 1 is 0.468 bits per heavy atom. The maximum atomic E-state index is 13.1. The normalized spacial score (nSPS) is 11.6. The van der Waals surface area contributed by atoms with Gasteiger partial charge in [0.05, 0.1) is 59.0 Å². The molecule has 6 aromatic carbocycles. The molecule has 0 atom stereocenters. The van der Waals surface area contributed by atoms with E-state index in [-0.39, 0.29) is 36.3 Å². The number of rotatable bonds is 17. The van der Waals surface area contributed by atoms with Gasteiger partial charge in [0.25, 0.3) is 20.0 Å². The Hall–Kier alpha value is -5.74. The predicted molar refractivity (Wildman–Crippen MR) is 240 cm³/mol. The summed E-state index contributed by atoms with van der Waals surface area (Å²) in [6.07, 6.45) is 1.98. The van der Waals surface area contributed by atoms with E-state index < -0.39 is 20.0 Å². The Bertz CT molecular complexity index is 2790. The van der Waals surface area contributed by atoms with E-state index in [2.05, 4.69) is 10.6 Å². The van der Waals surface area contributed by atoms with E-state index in [9.17, 15) is 16.8 Å². The number of sulfonamides is 2. The lowest BCUT2D eigenvalue weighted by Gasteiger charge is -2.16. The summed E-state index contributed by atoms with van der Waals surface area (Å²) in [5, 5.41) is 10.9. The monoisotopic (exact) mass is 912 g/mol. The summed E-state index contributed by atoms with van der Waals surface area (Å²) in [5.41, 5.74) is 7.59. The van der Waals surface area contributed by atoms with Gasteiger partial charge in [0.15, 0.2) is 0 Å². The Balaban J connectivity index is 0.00000321. The number of nitrogens with one attached hydrogen (secondary N) is 2. The van der Waals surface area contributed by atoms with Crippen LogP contribution >= 0.6 is 0 Å². The largest absolute Gasteiger partial charge is 1.00 e. The lowest BCUT2D eigenvalue weighted by Crippen LogP contribution is -3.00. The number of methoxy groups -OCH3 is 2.